The van der Waals surface area contributed by atoms with Crippen molar-refractivity contribution in [2.75, 3.05) is 32.8 Å². The molecule has 0 saturated carbocycles. The Balaban J connectivity index is 1.25. The lowest BCUT2D eigenvalue weighted by Gasteiger charge is -2.43. The SMILES string of the molecule is O=C1OCC(CCCN2CCC(c3ccc(O)cc3)CC2)(c2ccc(Cl)c(Cl)c2)CN1Cc1ccccc1. The van der Waals surface area contributed by atoms with Crippen LogP contribution in [0.2, 0.25) is 10.0 Å². The van der Waals surface area contributed by atoms with Crippen molar-refractivity contribution >= 4 is 29.3 Å². The van der Waals surface area contributed by atoms with Crippen LogP contribution in [0.15, 0.2) is 72.8 Å². The molecule has 0 aliphatic carbocycles. The number of cyclic esters (lactones) is 1. The van der Waals surface area contributed by atoms with Gasteiger partial charge in [-0.05, 0) is 92.2 Å². The van der Waals surface area contributed by atoms with Gasteiger partial charge in [0, 0.05) is 18.5 Å². The van der Waals surface area contributed by atoms with Gasteiger partial charge in [-0.15, -0.1) is 0 Å². The van der Waals surface area contributed by atoms with E-state index in [4.69, 9.17) is 27.9 Å². The van der Waals surface area contributed by atoms with E-state index in [1.165, 1.54) is 5.56 Å². The molecule has 3 aromatic carbocycles. The predicted molar refractivity (Wildman–Crippen MR) is 152 cm³/mol. The number of likely N-dealkylation sites (tertiary alicyclic amines) is 1. The minimum absolute atomic E-state index is 0.277. The number of carbonyl (C=O) groups excluding carboxylic acids is 1. The number of ether oxygens (including phenoxy) is 1. The van der Waals surface area contributed by atoms with Crippen LogP contribution in [0.25, 0.3) is 0 Å². The van der Waals surface area contributed by atoms with Crippen LogP contribution in [0, 0.1) is 0 Å². The molecular weight excluding hydrogens is 519 g/mol. The highest BCUT2D eigenvalue weighted by Crippen LogP contribution is 2.38. The summed E-state index contributed by atoms with van der Waals surface area (Å²) in [6.07, 6.45) is 3.82. The third-order valence-electron chi connectivity index (χ3n) is 8.05. The number of carbonyl (C=O) groups is 1. The monoisotopic (exact) mass is 552 g/mol. The molecule has 2 fully saturated rings. The fourth-order valence-corrected chi connectivity index (χ4v) is 6.16. The maximum Gasteiger partial charge on any atom is 0.410 e. The molecule has 200 valence electrons. The molecule has 2 aliphatic heterocycles. The summed E-state index contributed by atoms with van der Waals surface area (Å²) in [7, 11) is 0. The molecule has 2 saturated heterocycles. The molecule has 0 radical (unpaired) electrons. The van der Waals surface area contributed by atoms with Crippen LogP contribution in [-0.2, 0) is 16.7 Å². The number of amides is 1. The minimum atomic E-state index is -0.360. The van der Waals surface area contributed by atoms with Gasteiger partial charge in [0.15, 0.2) is 0 Å². The second kappa shape index (κ2) is 12.0. The molecule has 7 heteroatoms. The van der Waals surface area contributed by atoms with Crippen LogP contribution in [-0.4, -0.2) is 53.8 Å². The molecule has 1 unspecified atom stereocenters. The van der Waals surface area contributed by atoms with E-state index >= 15 is 0 Å². The molecule has 0 spiro atoms. The first-order valence-corrected chi connectivity index (χ1v) is 14.1. The predicted octanol–water partition coefficient (Wildman–Crippen LogP) is 7.25. The number of piperidine rings is 1. The van der Waals surface area contributed by atoms with Gasteiger partial charge in [0.05, 0.1) is 10.0 Å². The smallest absolute Gasteiger partial charge is 0.410 e. The summed E-state index contributed by atoms with van der Waals surface area (Å²) in [5.41, 5.74) is 3.08. The van der Waals surface area contributed by atoms with Crippen molar-refractivity contribution in [3.05, 3.63) is 99.5 Å². The molecule has 1 N–H and O–H groups in total. The Kier molecular flexibility index (Phi) is 8.47. The van der Waals surface area contributed by atoms with Crippen LogP contribution in [0.4, 0.5) is 4.79 Å². The third-order valence-corrected chi connectivity index (χ3v) is 8.79. The minimum Gasteiger partial charge on any atom is -0.508 e. The topological polar surface area (TPSA) is 53.0 Å². The van der Waals surface area contributed by atoms with Gasteiger partial charge < -0.3 is 19.6 Å². The summed E-state index contributed by atoms with van der Waals surface area (Å²) in [6, 6.07) is 23.5. The zero-order valence-corrected chi connectivity index (χ0v) is 23.0. The summed E-state index contributed by atoms with van der Waals surface area (Å²) in [5, 5.41) is 10.6. The largest absolute Gasteiger partial charge is 0.508 e. The van der Waals surface area contributed by atoms with E-state index in [9.17, 15) is 9.90 Å². The summed E-state index contributed by atoms with van der Waals surface area (Å²) in [4.78, 5) is 17.1. The molecule has 5 rings (SSSR count). The van der Waals surface area contributed by atoms with Crippen LogP contribution < -0.4 is 0 Å². The Morgan fingerprint density at radius 3 is 2.39 bits per heavy atom. The highest BCUT2D eigenvalue weighted by molar-refractivity contribution is 6.42. The maximum absolute atomic E-state index is 12.8. The zero-order chi connectivity index (χ0) is 26.5. The van der Waals surface area contributed by atoms with Gasteiger partial charge in [-0.1, -0.05) is 71.7 Å². The van der Waals surface area contributed by atoms with E-state index < -0.39 is 0 Å². The molecule has 1 amide bonds. The summed E-state index contributed by atoms with van der Waals surface area (Å²) in [6.45, 7) is 4.52. The van der Waals surface area contributed by atoms with Gasteiger partial charge in [0.2, 0.25) is 0 Å². The lowest BCUT2D eigenvalue weighted by molar-refractivity contribution is 0.0193. The average molecular weight is 554 g/mol. The van der Waals surface area contributed by atoms with Crippen molar-refractivity contribution < 1.29 is 14.6 Å². The number of rotatable bonds is 8. The van der Waals surface area contributed by atoms with Gasteiger partial charge in [-0.3, -0.25) is 0 Å². The van der Waals surface area contributed by atoms with Crippen LogP contribution in [0.5, 0.6) is 5.75 Å². The Labute approximate surface area is 234 Å². The summed E-state index contributed by atoms with van der Waals surface area (Å²) in [5.74, 6) is 0.858. The summed E-state index contributed by atoms with van der Waals surface area (Å²) < 4.78 is 5.80. The number of hydrogen-bond donors (Lipinski definition) is 1. The molecular formula is C31H34Cl2N2O3. The zero-order valence-electron chi connectivity index (χ0n) is 21.5. The van der Waals surface area contributed by atoms with Gasteiger partial charge in [-0.25, -0.2) is 4.79 Å². The standard InChI is InChI=1S/C31H34Cl2N2O3/c32-28-12-9-26(19-29(28)33)31(21-35(30(37)38-22-31)20-23-5-2-1-3-6-23)15-4-16-34-17-13-25(14-18-34)24-7-10-27(36)11-8-24/h1-3,5-12,19,25,36H,4,13-18,20-22H2. The number of hydrogen-bond acceptors (Lipinski definition) is 4. The maximum atomic E-state index is 12.8. The molecule has 3 aromatic rings. The van der Waals surface area contributed by atoms with E-state index in [-0.39, 0.29) is 11.5 Å². The van der Waals surface area contributed by atoms with E-state index in [2.05, 4.69) is 4.90 Å². The Morgan fingerprint density at radius 2 is 1.68 bits per heavy atom. The van der Waals surface area contributed by atoms with Gasteiger partial charge in [0.25, 0.3) is 0 Å². The number of phenols is 1. The highest BCUT2D eigenvalue weighted by atomic mass is 35.5. The third kappa shape index (κ3) is 6.28. The molecule has 2 aliphatic rings. The van der Waals surface area contributed by atoms with Crippen LogP contribution >= 0.6 is 23.2 Å². The number of aromatic hydroxyl groups is 1. The van der Waals surface area contributed by atoms with E-state index in [0.717, 1.165) is 56.4 Å². The van der Waals surface area contributed by atoms with Crippen molar-refractivity contribution in [3.63, 3.8) is 0 Å². The number of benzene rings is 3. The van der Waals surface area contributed by atoms with Crippen LogP contribution in [0.3, 0.4) is 0 Å². The van der Waals surface area contributed by atoms with E-state index in [0.29, 0.717) is 41.4 Å². The molecule has 5 nitrogen and oxygen atoms in total. The molecule has 2 heterocycles. The number of halogens is 2. The second-order valence-electron chi connectivity index (χ2n) is 10.6. The Bertz CT molecular complexity index is 1230. The first-order chi connectivity index (χ1) is 18.4. The summed E-state index contributed by atoms with van der Waals surface area (Å²) >= 11 is 12.7. The lowest BCUT2D eigenvalue weighted by Crippen LogP contribution is -2.52. The molecule has 0 aromatic heterocycles. The van der Waals surface area contributed by atoms with Crippen molar-refractivity contribution in [3.8, 4) is 5.75 Å². The van der Waals surface area contributed by atoms with Crippen molar-refractivity contribution in [1.29, 1.82) is 0 Å². The Morgan fingerprint density at radius 1 is 0.947 bits per heavy atom. The van der Waals surface area contributed by atoms with Gasteiger partial charge >= 0.3 is 6.09 Å². The fourth-order valence-electron chi connectivity index (χ4n) is 5.86. The van der Waals surface area contributed by atoms with Crippen molar-refractivity contribution in [2.24, 2.45) is 0 Å². The quantitative estimate of drug-likeness (QED) is 0.319. The van der Waals surface area contributed by atoms with Gasteiger partial charge in [-0.2, -0.15) is 0 Å². The lowest BCUT2D eigenvalue weighted by atomic mass is 9.76. The van der Waals surface area contributed by atoms with Crippen molar-refractivity contribution in [2.45, 2.75) is 43.6 Å². The molecule has 38 heavy (non-hydrogen) atoms. The fraction of sp³-hybridized carbons (Fsp3) is 0.387. The first kappa shape index (κ1) is 26.9. The number of nitrogens with zero attached hydrogens (tertiary/aromatic N) is 2. The number of phenolic OH excluding ortho intramolecular Hbond substituents is 1. The van der Waals surface area contributed by atoms with Gasteiger partial charge in [0.1, 0.15) is 12.4 Å². The second-order valence-corrected chi connectivity index (χ2v) is 11.4. The van der Waals surface area contributed by atoms with Crippen LogP contribution in [0.1, 0.15) is 48.3 Å². The highest BCUT2D eigenvalue weighted by Gasteiger charge is 2.42. The van der Waals surface area contributed by atoms with Crippen molar-refractivity contribution in [1.82, 2.24) is 9.80 Å². The molecule has 0 bridgehead atoms. The normalized spacial score (nSPS) is 20.9. The Hall–Kier alpha value is -2.73. The average Bonchev–Trinajstić information content (AvgIpc) is 2.93. The first-order valence-electron chi connectivity index (χ1n) is 13.3. The van der Waals surface area contributed by atoms with E-state index in [1.54, 1.807) is 12.1 Å². The molecule has 1 atom stereocenters. The van der Waals surface area contributed by atoms with E-state index in [1.807, 2.05) is 65.6 Å².